The van der Waals surface area contributed by atoms with E-state index in [4.69, 9.17) is 0 Å². The SMILES string of the molecule is O=C(OCC12CC3CC(CC(C3)C1)C2)C(SOO[O-])(C(F)(F)F)C(F)(F)F. The zero-order chi connectivity index (χ0) is 20.1. The summed E-state index contributed by atoms with van der Waals surface area (Å²) >= 11 is -1.45. The van der Waals surface area contributed by atoms with Gasteiger partial charge in [0.15, 0.2) is 0 Å². The zero-order valence-corrected chi connectivity index (χ0v) is 14.7. The Bertz CT molecular complexity index is 529. The first kappa shape index (κ1) is 21.0. The quantitative estimate of drug-likeness (QED) is 0.214. The number of alkyl halides is 6. The third-order valence-electron chi connectivity index (χ3n) is 5.95. The molecule has 0 atom stereocenters. The molecule has 0 unspecified atom stereocenters. The Labute approximate surface area is 154 Å². The molecule has 0 aromatic heterocycles. The van der Waals surface area contributed by atoms with Gasteiger partial charge in [-0.25, -0.2) is 4.79 Å². The first-order chi connectivity index (χ1) is 12.4. The minimum Gasteiger partial charge on any atom is -0.691 e. The number of carbonyl (C=O) groups is 1. The maximum Gasteiger partial charge on any atom is 0.425 e. The molecule has 0 saturated heterocycles. The summed E-state index contributed by atoms with van der Waals surface area (Å²) < 4.78 is 82.3. The Morgan fingerprint density at radius 2 is 1.41 bits per heavy atom. The first-order valence-electron chi connectivity index (χ1n) is 8.37. The van der Waals surface area contributed by atoms with Gasteiger partial charge < -0.3 is 9.99 Å². The highest BCUT2D eigenvalue weighted by Gasteiger charge is 2.79. The van der Waals surface area contributed by atoms with Crippen LogP contribution in [0.3, 0.4) is 0 Å². The summed E-state index contributed by atoms with van der Waals surface area (Å²) in [6.45, 7) is -0.512. The molecule has 5 nitrogen and oxygen atoms in total. The minimum absolute atomic E-state index is 0.372. The third-order valence-corrected chi connectivity index (χ3v) is 6.95. The molecule has 4 aliphatic carbocycles. The van der Waals surface area contributed by atoms with Gasteiger partial charge in [0, 0.05) is 5.41 Å². The van der Waals surface area contributed by atoms with Crippen molar-refractivity contribution in [1.29, 1.82) is 0 Å². The van der Waals surface area contributed by atoms with Crippen molar-refractivity contribution in [2.45, 2.75) is 55.6 Å². The molecule has 0 aromatic rings. The van der Waals surface area contributed by atoms with E-state index < -0.39 is 47.1 Å². The predicted molar refractivity (Wildman–Crippen MR) is 76.2 cm³/mol. The van der Waals surface area contributed by atoms with Crippen LogP contribution in [0.2, 0.25) is 0 Å². The van der Waals surface area contributed by atoms with Crippen LogP contribution in [0.5, 0.6) is 0 Å². The second kappa shape index (κ2) is 6.96. The van der Waals surface area contributed by atoms with Gasteiger partial charge in [-0.15, -0.1) is 0 Å². The molecule has 4 saturated carbocycles. The van der Waals surface area contributed by atoms with Crippen LogP contribution in [0.15, 0.2) is 0 Å². The maximum atomic E-state index is 13.3. The van der Waals surface area contributed by atoms with Gasteiger partial charge in [-0.3, -0.25) is 5.04 Å². The zero-order valence-electron chi connectivity index (χ0n) is 13.9. The second-order valence-electron chi connectivity index (χ2n) is 7.89. The highest BCUT2D eigenvalue weighted by molar-refractivity contribution is 7.96. The first-order valence-corrected chi connectivity index (χ1v) is 9.11. The van der Waals surface area contributed by atoms with Crippen LogP contribution in [-0.4, -0.2) is 29.7 Å². The van der Waals surface area contributed by atoms with Crippen LogP contribution in [0, 0.1) is 23.2 Å². The molecular formula is C15H17F6O5S-. The van der Waals surface area contributed by atoms with Crippen molar-refractivity contribution in [1.82, 2.24) is 0 Å². The molecule has 4 rings (SSSR count). The highest BCUT2D eigenvalue weighted by atomic mass is 32.2. The fourth-order valence-corrected chi connectivity index (χ4v) is 5.82. The number of carbonyl (C=O) groups excluding carboxylic acids is 1. The number of ether oxygens (including phenoxy) is 1. The Kier molecular flexibility index (Phi) is 5.41. The predicted octanol–water partition coefficient (Wildman–Crippen LogP) is 3.48. The van der Waals surface area contributed by atoms with E-state index in [0.29, 0.717) is 37.0 Å². The molecule has 0 aromatic carbocycles. The highest BCUT2D eigenvalue weighted by Crippen LogP contribution is 2.60. The molecule has 0 N–H and O–H groups in total. The minimum atomic E-state index is -6.12. The molecule has 4 aliphatic rings. The molecule has 0 aliphatic heterocycles. The largest absolute Gasteiger partial charge is 0.691 e. The van der Waals surface area contributed by atoms with Gasteiger partial charge in [0.1, 0.15) is 0 Å². The lowest BCUT2D eigenvalue weighted by Gasteiger charge is -2.56. The van der Waals surface area contributed by atoms with E-state index in [9.17, 15) is 36.4 Å². The molecule has 0 radical (unpaired) electrons. The van der Waals surface area contributed by atoms with Crippen molar-refractivity contribution in [3.05, 3.63) is 0 Å². The number of esters is 1. The summed E-state index contributed by atoms with van der Waals surface area (Å²) in [5.41, 5.74) is -0.575. The average Bonchev–Trinajstić information content (AvgIpc) is 2.49. The number of hydrogen-bond acceptors (Lipinski definition) is 6. The summed E-state index contributed by atoms with van der Waals surface area (Å²) in [7, 11) is 0. The number of halogens is 6. The van der Waals surface area contributed by atoms with Gasteiger partial charge in [-0.2, -0.15) is 30.7 Å². The van der Waals surface area contributed by atoms with Crippen molar-refractivity contribution in [3.8, 4) is 0 Å². The summed E-state index contributed by atoms with van der Waals surface area (Å²) in [6, 6.07) is 0. The van der Waals surface area contributed by atoms with E-state index in [2.05, 4.69) is 14.1 Å². The monoisotopic (exact) mass is 423 g/mol. The van der Waals surface area contributed by atoms with E-state index >= 15 is 0 Å². The van der Waals surface area contributed by atoms with Crippen LogP contribution < -0.4 is 5.26 Å². The molecule has 4 bridgehead atoms. The Morgan fingerprint density at radius 3 is 1.78 bits per heavy atom. The Balaban J connectivity index is 1.78. The summed E-state index contributed by atoms with van der Waals surface area (Å²) in [4.78, 5) is 12.0. The van der Waals surface area contributed by atoms with Crippen molar-refractivity contribution in [3.63, 3.8) is 0 Å². The molecule has 12 heteroatoms. The van der Waals surface area contributed by atoms with E-state index in [-0.39, 0.29) is 0 Å². The van der Waals surface area contributed by atoms with Gasteiger partial charge in [0.25, 0.3) is 0 Å². The summed E-state index contributed by atoms with van der Waals surface area (Å²) in [5, 5.41) is 12.4. The Morgan fingerprint density at radius 1 is 0.963 bits per heavy atom. The number of rotatable bonds is 6. The topological polar surface area (TPSA) is 67.8 Å². The molecule has 0 spiro atoms. The van der Waals surface area contributed by atoms with Crippen molar-refractivity contribution in [2.24, 2.45) is 23.2 Å². The lowest BCUT2D eigenvalue weighted by molar-refractivity contribution is -0.777. The van der Waals surface area contributed by atoms with Crippen LogP contribution in [0.25, 0.3) is 0 Å². The second-order valence-corrected chi connectivity index (χ2v) is 8.80. The standard InChI is InChI=1S/C15H18F6O5S/c16-14(17,18)13(15(19,20)21,27-26-25-23)11(22)24-7-12-4-8-1-9(5-12)3-10(2-8)6-12/h8-10,23H,1-7H2/p-1. The Hall–Kier alpha value is -0.720. The van der Waals surface area contributed by atoms with Gasteiger partial charge in [0.05, 0.1) is 18.6 Å². The van der Waals surface area contributed by atoms with E-state index in [1.165, 1.54) is 0 Å². The third kappa shape index (κ3) is 3.65. The van der Waals surface area contributed by atoms with Crippen LogP contribution in [0.1, 0.15) is 38.5 Å². The molecule has 156 valence electrons. The van der Waals surface area contributed by atoms with Crippen LogP contribution in [0.4, 0.5) is 26.3 Å². The molecule has 27 heavy (non-hydrogen) atoms. The number of hydrogen-bond donors (Lipinski definition) is 0. The van der Waals surface area contributed by atoms with E-state index in [1.54, 1.807) is 0 Å². The summed E-state index contributed by atoms with van der Waals surface area (Å²) in [5.74, 6) is -1.44. The molecular weight excluding hydrogens is 406 g/mol. The van der Waals surface area contributed by atoms with Crippen molar-refractivity contribution >= 4 is 18.0 Å². The van der Waals surface area contributed by atoms with Crippen LogP contribution in [-0.2, 0) is 18.9 Å². The van der Waals surface area contributed by atoms with E-state index in [0.717, 1.165) is 19.3 Å². The molecule has 0 heterocycles. The fraction of sp³-hybridized carbons (Fsp3) is 0.933. The van der Waals surface area contributed by atoms with Crippen LogP contribution >= 0.6 is 12.0 Å². The summed E-state index contributed by atoms with van der Waals surface area (Å²) in [6.07, 6.45) is -7.33. The molecule has 0 amide bonds. The van der Waals surface area contributed by atoms with Crippen molar-refractivity contribution in [2.75, 3.05) is 6.61 Å². The lowest BCUT2D eigenvalue weighted by Crippen LogP contribution is -2.61. The lowest BCUT2D eigenvalue weighted by atomic mass is 9.50. The van der Waals surface area contributed by atoms with E-state index in [1.807, 2.05) is 0 Å². The van der Waals surface area contributed by atoms with Gasteiger partial charge in [-0.1, -0.05) is 0 Å². The van der Waals surface area contributed by atoms with Gasteiger partial charge in [0.2, 0.25) is 0 Å². The fourth-order valence-electron chi connectivity index (χ4n) is 5.37. The smallest absolute Gasteiger partial charge is 0.425 e. The maximum absolute atomic E-state index is 13.3. The average molecular weight is 423 g/mol. The van der Waals surface area contributed by atoms with Gasteiger partial charge >= 0.3 is 23.1 Å². The normalized spacial score (nSPS) is 33.4. The van der Waals surface area contributed by atoms with Crippen molar-refractivity contribution < 1.29 is 50.5 Å². The van der Waals surface area contributed by atoms with Gasteiger partial charge in [-0.05, 0) is 56.3 Å². The molecule has 4 fully saturated rings.